The largest absolute Gasteiger partial charge is 0.370 e. The molecule has 1 atom stereocenters. The molecule has 2 rings (SSSR count). The molecule has 1 aromatic heterocycles. The Labute approximate surface area is 109 Å². The fraction of sp³-hybridized carbons (Fsp3) is 0.692. The lowest BCUT2D eigenvalue weighted by molar-refractivity contribution is 0.751. The first-order valence-corrected chi connectivity index (χ1v) is 6.79. The van der Waals surface area contributed by atoms with Crippen LogP contribution in [-0.2, 0) is 0 Å². The number of anilines is 2. The van der Waals surface area contributed by atoms with Crippen LogP contribution in [0.25, 0.3) is 0 Å². The number of hydrogen-bond acceptors (Lipinski definition) is 5. The summed E-state index contributed by atoms with van der Waals surface area (Å²) in [6.45, 7) is 6.97. The summed E-state index contributed by atoms with van der Waals surface area (Å²) in [6, 6.07) is 2.30. The summed E-state index contributed by atoms with van der Waals surface area (Å²) >= 11 is 0. The van der Waals surface area contributed by atoms with Crippen molar-refractivity contribution in [3.63, 3.8) is 0 Å². The van der Waals surface area contributed by atoms with E-state index in [-0.39, 0.29) is 6.04 Å². The molecule has 0 aliphatic carbocycles. The Balaban J connectivity index is 2.06. The second kappa shape index (κ2) is 6.00. The van der Waals surface area contributed by atoms with E-state index in [1.807, 2.05) is 13.0 Å². The van der Waals surface area contributed by atoms with Gasteiger partial charge in [0, 0.05) is 31.7 Å². The van der Waals surface area contributed by atoms with E-state index in [9.17, 15) is 0 Å². The monoisotopic (exact) mass is 249 g/mol. The van der Waals surface area contributed by atoms with Gasteiger partial charge in [0.1, 0.15) is 17.5 Å². The lowest BCUT2D eigenvalue weighted by Crippen LogP contribution is -2.27. The van der Waals surface area contributed by atoms with Crippen LogP contribution in [0.3, 0.4) is 0 Å². The van der Waals surface area contributed by atoms with Crippen LogP contribution in [0, 0.1) is 6.92 Å². The maximum atomic E-state index is 5.94. The van der Waals surface area contributed by atoms with Crippen LogP contribution in [-0.4, -0.2) is 35.6 Å². The van der Waals surface area contributed by atoms with Gasteiger partial charge in [-0.2, -0.15) is 0 Å². The summed E-state index contributed by atoms with van der Waals surface area (Å²) in [7, 11) is 0. The molecule has 0 saturated carbocycles. The minimum absolute atomic E-state index is 0.275. The van der Waals surface area contributed by atoms with Gasteiger partial charge in [-0.25, -0.2) is 9.97 Å². The maximum Gasteiger partial charge on any atom is 0.134 e. The molecule has 3 N–H and O–H groups in total. The number of nitrogens with zero attached hydrogens (tertiary/aromatic N) is 3. The highest BCUT2D eigenvalue weighted by Crippen LogP contribution is 2.20. The quantitative estimate of drug-likeness (QED) is 0.775. The predicted octanol–water partition coefficient (Wildman–Crippen LogP) is 1.53. The Morgan fingerprint density at radius 1 is 1.50 bits per heavy atom. The lowest BCUT2D eigenvalue weighted by atomic mass is 10.3. The highest BCUT2D eigenvalue weighted by atomic mass is 15.2. The fourth-order valence-corrected chi connectivity index (χ4v) is 2.19. The van der Waals surface area contributed by atoms with E-state index in [4.69, 9.17) is 5.73 Å². The Bertz CT molecular complexity index is 393. The first-order chi connectivity index (χ1) is 8.69. The third-order valence-corrected chi connectivity index (χ3v) is 3.21. The second-order valence-corrected chi connectivity index (χ2v) is 4.93. The molecule has 1 aliphatic rings. The lowest BCUT2D eigenvalue weighted by Gasteiger charge is -2.18. The molecule has 0 aromatic carbocycles. The Morgan fingerprint density at radius 3 is 3.00 bits per heavy atom. The van der Waals surface area contributed by atoms with Crippen molar-refractivity contribution in [2.75, 3.05) is 29.9 Å². The molecule has 0 radical (unpaired) electrons. The van der Waals surface area contributed by atoms with E-state index in [0.29, 0.717) is 0 Å². The number of rotatable bonds is 5. The highest BCUT2D eigenvalue weighted by molar-refractivity contribution is 5.50. The molecule has 1 saturated heterocycles. The SMILES string of the molecule is CCCCNc1cc(N2CCC(N)C2)nc(C)n1. The van der Waals surface area contributed by atoms with E-state index < -0.39 is 0 Å². The number of hydrogen-bond donors (Lipinski definition) is 2. The number of aryl methyl sites for hydroxylation is 1. The van der Waals surface area contributed by atoms with Crippen molar-refractivity contribution in [2.24, 2.45) is 5.73 Å². The Kier molecular flexibility index (Phi) is 4.36. The molecule has 0 amide bonds. The van der Waals surface area contributed by atoms with E-state index in [2.05, 4.69) is 27.1 Å². The van der Waals surface area contributed by atoms with Crippen LogP contribution in [0.5, 0.6) is 0 Å². The molecule has 5 nitrogen and oxygen atoms in total. The Morgan fingerprint density at radius 2 is 2.33 bits per heavy atom. The molecule has 0 bridgehead atoms. The molecule has 5 heteroatoms. The zero-order valence-corrected chi connectivity index (χ0v) is 11.3. The second-order valence-electron chi connectivity index (χ2n) is 4.93. The number of nitrogens with two attached hydrogens (primary N) is 1. The van der Waals surface area contributed by atoms with Gasteiger partial charge in [0.05, 0.1) is 0 Å². The van der Waals surface area contributed by atoms with Crippen molar-refractivity contribution in [3.05, 3.63) is 11.9 Å². The summed E-state index contributed by atoms with van der Waals surface area (Å²) < 4.78 is 0. The third-order valence-electron chi connectivity index (χ3n) is 3.21. The molecule has 1 aliphatic heterocycles. The maximum absolute atomic E-state index is 5.94. The first-order valence-electron chi connectivity index (χ1n) is 6.79. The zero-order chi connectivity index (χ0) is 13.0. The topological polar surface area (TPSA) is 67.1 Å². The highest BCUT2D eigenvalue weighted by Gasteiger charge is 2.20. The average Bonchev–Trinajstić information content (AvgIpc) is 2.76. The van der Waals surface area contributed by atoms with Gasteiger partial charge in [-0.3, -0.25) is 0 Å². The van der Waals surface area contributed by atoms with Crippen molar-refractivity contribution >= 4 is 11.6 Å². The average molecular weight is 249 g/mol. The van der Waals surface area contributed by atoms with Gasteiger partial charge in [-0.1, -0.05) is 13.3 Å². The molecule has 18 heavy (non-hydrogen) atoms. The summed E-state index contributed by atoms with van der Waals surface area (Å²) in [5.41, 5.74) is 5.94. The van der Waals surface area contributed by atoms with Crippen LogP contribution in [0.15, 0.2) is 6.07 Å². The molecule has 0 spiro atoms. The third kappa shape index (κ3) is 3.32. The number of aromatic nitrogens is 2. The molecule has 1 unspecified atom stereocenters. The summed E-state index contributed by atoms with van der Waals surface area (Å²) in [6.07, 6.45) is 3.39. The minimum atomic E-state index is 0.275. The first kappa shape index (κ1) is 13.1. The molecule has 1 aromatic rings. The smallest absolute Gasteiger partial charge is 0.134 e. The van der Waals surface area contributed by atoms with Crippen molar-refractivity contribution in [3.8, 4) is 0 Å². The van der Waals surface area contributed by atoms with Crippen LogP contribution in [0.2, 0.25) is 0 Å². The molecular formula is C13H23N5. The van der Waals surface area contributed by atoms with Crippen LogP contribution in [0.4, 0.5) is 11.6 Å². The van der Waals surface area contributed by atoms with Gasteiger partial charge in [0.25, 0.3) is 0 Å². The number of unbranched alkanes of at least 4 members (excludes halogenated alkanes) is 1. The van der Waals surface area contributed by atoms with E-state index in [1.165, 1.54) is 6.42 Å². The van der Waals surface area contributed by atoms with Crippen molar-refractivity contribution in [2.45, 2.75) is 39.2 Å². The van der Waals surface area contributed by atoms with Crippen molar-refractivity contribution < 1.29 is 0 Å². The van der Waals surface area contributed by atoms with Crippen LogP contribution in [0.1, 0.15) is 32.0 Å². The Hall–Kier alpha value is -1.36. The molecule has 1 fully saturated rings. The van der Waals surface area contributed by atoms with Crippen LogP contribution < -0.4 is 16.0 Å². The van der Waals surface area contributed by atoms with Gasteiger partial charge in [0.2, 0.25) is 0 Å². The van der Waals surface area contributed by atoms with Gasteiger partial charge in [-0.05, 0) is 19.8 Å². The summed E-state index contributed by atoms with van der Waals surface area (Å²) in [5.74, 6) is 2.73. The van der Waals surface area contributed by atoms with Crippen molar-refractivity contribution in [1.29, 1.82) is 0 Å². The summed E-state index contributed by atoms with van der Waals surface area (Å²) in [5, 5.41) is 3.35. The van der Waals surface area contributed by atoms with Gasteiger partial charge in [-0.15, -0.1) is 0 Å². The van der Waals surface area contributed by atoms with Crippen molar-refractivity contribution in [1.82, 2.24) is 9.97 Å². The predicted molar refractivity (Wildman–Crippen MR) is 75.0 cm³/mol. The molecule has 100 valence electrons. The normalized spacial score (nSPS) is 19.3. The molecular weight excluding hydrogens is 226 g/mol. The fourth-order valence-electron chi connectivity index (χ4n) is 2.19. The van der Waals surface area contributed by atoms with E-state index in [0.717, 1.165) is 49.9 Å². The minimum Gasteiger partial charge on any atom is -0.370 e. The number of nitrogens with one attached hydrogen (secondary N) is 1. The molecule has 2 heterocycles. The van der Waals surface area contributed by atoms with Gasteiger partial charge < -0.3 is 16.0 Å². The van der Waals surface area contributed by atoms with Crippen LogP contribution >= 0.6 is 0 Å². The van der Waals surface area contributed by atoms with E-state index in [1.54, 1.807) is 0 Å². The van der Waals surface area contributed by atoms with E-state index >= 15 is 0 Å². The van der Waals surface area contributed by atoms with Gasteiger partial charge in [0.15, 0.2) is 0 Å². The summed E-state index contributed by atoms with van der Waals surface area (Å²) in [4.78, 5) is 11.2. The zero-order valence-electron chi connectivity index (χ0n) is 11.3. The standard InChI is InChI=1S/C13H23N5/c1-3-4-6-15-12-8-13(17-10(2)16-12)18-7-5-11(14)9-18/h8,11H,3-7,9,14H2,1-2H3,(H,15,16,17). The van der Waals surface area contributed by atoms with Gasteiger partial charge >= 0.3 is 0 Å².